The van der Waals surface area contributed by atoms with E-state index in [0.717, 1.165) is 0 Å². The zero-order chi connectivity index (χ0) is 8.69. The number of carbonyl (C=O) groups excluding carboxylic acids is 1. The Bertz CT molecular complexity index is 206. The number of rotatable bonds is 0. The molecule has 1 rings (SSSR count). The standard InChI is InChI=1S/C6H4ClF.CHClO/c7-5-3-1-2-4-6(5)8;2-1-3/h1-4H;1H. The lowest BCUT2D eigenvalue weighted by atomic mass is 10.4. The SMILES string of the molecule is Fc1ccccc1Cl.O=CCl. The number of hydrogen-bond acceptors (Lipinski definition) is 1. The predicted octanol–water partition coefficient (Wildman–Crippen LogP) is 2.89. The van der Waals surface area contributed by atoms with E-state index >= 15 is 0 Å². The lowest BCUT2D eigenvalue weighted by Gasteiger charge is -1.86. The number of benzene rings is 1. The molecule has 11 heavy (non-hydrogen) atoms. The smallest absolute Gasteiger partial charge is 0.208 e. The van der Waals surface area contributed by atoms with Gasteiger partial charge in [-0.15, -0.1) is 0 Å². The van der Waals surface area contributed by atoms with Crippen LogP contribution < -0.4 is 0 Å². The van der Waals surface area contributed by atoms with Gasteiger partial charge in [0.15, 0.2) is 0 Å². The molecule has 1 aromatic rings. The summed E-state index contributed by atoms with van der Waals surface area (Å²) < 4.78 is 12.2. The highest BCUT2D eigenvalue weighted by atomic mass is 35.5. The van der Waals surface area contributed by atoms with Gasteiger partial charge in [0, 0.05) is 0 Å². The third-order valence-corrected chi connectivity index (χ3v) is 1.13. The summed E-state index contributed by atoms with van der Waals surface area (Å²) in [5.74, 6) is -0.144. The van der Waals surface area contributed by atoms with Gasteiger partial charge in [-0.1, -0.05) is 23.7 Å². The van der Waals surface area contributed by atoms with Crippen molar-refractivity contribution >= 4 is 28.9 Å². The summed E-state index contributed by atoms with van der Waals surface area (Å²) >= 11 is 9.65. The van der Waals surface area contributed by atoms with Gasteiger partial charge in [0.2, 0.25) is 5.75 Å². The van der Waals surface area contributed by atoms with Gasteiger partial charge in [0.1, 0.15) is 5.82 Å². The van der Waals surface area contributed by atoms with Crippen LogP contribution in [0.5, 0.6) is 0 Å². The molecule has 0 heterocycles. The van der Waals surface area contributed by atoms with Crippen molar-refractivity contribution in [2.75, 3.05) is 0 Å². The van der Waals surface area contributed by atoms with Crippen LogP contribution in [0, 0.1) is 5.82 Å². The largest absolute Gasteiger partial charge is 0.285 e. The average Bonchev–Trinajstić information content (AvgIpc) is 1.97. The summed E-state index contributed by atoms with van der Waals surface area (Å²) in [5.41, 5.74) is 0. The zero-order valence-electron chi connectivity index (χ0n) is 5.43. The zero-order valence-corrected chi connectivity index (χ0v) is 6.94. The van der Waals surface area contributed by atoms with E-state index in [1.165, 1.54) is 12.1 Å². The van der Waals surface area contributed by atoms with Gasteiger partial charge >= 0.3 is 0 Å². The fourth-order valence-electron chi connectivity index (χ4n) is 0.439. The van der Waals surface area contributed by atoms with Gasteiger partial charge in [0.25, 0.3) is 0 Å². The molecule has 0 radical (unpaired) electrons. The monoisotopic (exact) mass is 194 g/mol. The number of carbonyl (C=O) groups is 1. The minimum atomic E-state index is -0.367. The molecule has 0 aromatic heterocycles. The topological polar surface area (TPSA) is 17.1 Å². The summed E-state index contributed by atoms with van der Waals surface area (Å²) in [6.07, 6.45) is 0. The van der Waals surface area contributed by atoms with Crippen molar-refractivity contribution in [3.05, 3.63) is 35.1 Å². The minimum Gasteiger partial charge on any atom is -0.285 e. The molecular formula is C7H5Cl2FO. The molecule has 60 valence electrons. The molecule has 4 heteroatoms. The van der Waals surface area contributed by atoms with Crippen LogP contribution in [0.25, 0.3) is 0 Å². The highest BCUT2D eigenvalue weighted by Crippen LogP contribution is 2.11. The van der Waals surface area contributed by atoms with Gasteiger partial charge in [-0.2, -0.15) is 0 Å². The Labute approximate surface area is 73.7 Å². The third kappa shape index (κ3) is 4.76. The summed E-state index contributed by atoms with van der Waals surface area (Å²) in [6.45, 7) is 0. The first-order valence-corrected chi connectivity index (χ1v) is 3.47. The molecule has 0 aliphatic carbocycles. The Morgan fingerprint density at radius 3 is 2.09 bits per heavy atom. The van der Waals surface area contributed by atoms with Crippen LogP contribution in [-0.4, -0.2) is 5.75 Å². The minimum absolute atomic E-state index is 0.174. The first kappa shape index (κ1) is 10.4. The van der Waals surface area contributed by atoms with Crippen molar-refractivity contribution in [1.82, 2.24) is 0 Å². The normalized spacial score (nSPS) is 7.91. The third-order valence-electron chi connectivity index (χ3n) is 0.824. The van der Waals surface area contributed by atoms with Crippen LogP contribution in [0.15, 0.2) is 24.3 Å². The summed E-state index contributed by atoms with van der Waals surface area (Å²) in [5, 5.41) is 0.174. The Hall–Kier alpha value is -0.600. The predicted molar refractivity (Wildman–Crippen MR) is 44.0 cm³/mol. The van der Waals surface area contributed by atoms with Crippen molar-refractivity contribution < 1.29 is 9.18 Å². The van der Waals surface area contributed by atoms with Gasteiger partial charge < -0.3 is 0 Å². The average molecular weight is 195 g/mol. The maximum absolute atomic E-state index is 12.2. The molecule has 1 aromatic carbocycles. The Kier molecular flexibility index (Phi) is 5.80. The van der Waals surface area contributed by atoms with E-state index in [-0.39, 0.29) is 16.6 Å². The van der Waals surface area contributed by atoms with Crippen LogP contribution in [0.3, 0.4) is 0 Å². The summed E-state index contributed by atoms with van der Waals surface area (Å²) in [7, 11) is 0. The number of hydrogen-bond donors (Lipinski definition) is 0. The molecule has 0 aliphatic heterocycles. The second-order valence-electron chi connectivity index (χ2n) is 1.50. The van der Waals surface area contributed by atoms with E-state index in [4.69, 9.17) is 16.4 Å². The molecular weight excluding hydrogens is 190 g/mol. The molecule has 0 fully saturated rings. The fourth-order valence-corrected chi connectivity index (χ4v) is 0.575. The van der Waals surface area contributed by atoms with E-state index in [0.29, 0.717) is 0 Å². The molecule has 0 saturated carbocycles. The first-order valence-electron chi connectivity index (χ1n) is 2.66. The van der Waals surface area contributed by atoms with Crippen molar-refractivity contribution in [3.63, 3.8) is 0 Å². The molecule has 0 spiro atoms. The summed E-state index contributed by atoms with van der Waals surface area (Å²) in [4.78, 5) is 8.57. The fraction of sp³-hybridized carbons (Fsp3) is 0. The highest BCUT2D eigenvalue weighted by Gasteiger charge is 1.91. The second kappa shape index (κ2) is 6.13. The van der Waals surface area contributed by atoms with Gasteiger partial charge in [-0.25, -0.2) is 4.39 Å². The quantitative estimate of drug-likeness (QED) is 0.459. The van der Waals surface area contributed by atoms with Crippen molar-refractivity contribution in [3.8, 4) is 0 Å². The molecule has 0 atom stereocenters. The Morgan fingerprint density at radius 2 is 1.82 bits per heavy atom. The van der Waals surface area contributed by atoms with Crippen LogP contribution in [0.4, 0.5) is 4.39 Å². The molecule has 0 N–H and O–H groups in total. The maximum Gasteiger partial charge on any atom is 0.208 e. The van der Waals surface area contributed by atoms with Crippen LogP contribution in [0.1, 0.15) is 0 Å². The molecule has 0 aliphatic rings. The van der Waals surface area contributed by atoms with Gasteiger partial charge in [-0.3, -0.25) is 4.79 Å². The van der Waals surface area contributed by atoms with Crippen LogP contribution >= 0.6 is 23.2 Å². The van der Waals surface area contributed by atoms with Crippen molar-refractivity contribution in [2.24, 2.45) is 0 Å². The summed E-state index contributed by atoms with van der Waals surface area (Å²) in [6, 6.07) is 6.12. The molecule has 0 bridgehead atoms. The molecule has 0 saturated heterocycles. The van der Waals surface area contributed by atoms with Crippen LogP contribution in [-0.2, 0) is 4.79 Å². The highest BCUT2D eigenvalue weighted by molar-refractivity contribution is 6.54. The Morgan fingerprint density at radius 1 is 1.36 bits per heavy atom. The van der Waals surface area contributed by atoms with Gasteiger partial charge in [-0.05, 0) is 23.7 Å². The van der Waals surface area contributed by atoms with E-state index < -0.39 is 0 Å². The Balaban J connectivity index is 0.000000292. The van der Waals surface area contributed by atoms with E-state index in [2.05, 4.69) is 11.6 Å². The molecule has 0 amide bonds. The van der Waals surface area contributed by atoms with Crippen LogP contribution in [0.2, 0.25) is 5.02 Å². The van der Waals surface area contributed by atoms with E-state index in [9.17, 15) is 4.39 Å². The lowest BCUT2D eigenvalue weighted by Crippen LogP contribution is -1.70. The van der Waals surface area contributed by atoms with Gasteiger partial charge in [0.05, 0.1) is 5.02 Å². The second-order valence-corrected chi connectivity index (χ2v) is 2.09. The molecule has 0 unspecified atom stereocenters. The van der Waals surface area contributed by atoms with Crippen molar-refractivity contribution in [2.45, 2.75) is 0 Å². The molecule has 1 nitrogen and oxygen atoms in total. The van der Waals surface area contributed by atoms with E-state index in [1.807, 2.05) is 0 Å². The number of halogens is 3. The first-order chi connectivity index (χ1) is 5.22. The van der Waals surface area contributed by atoms with E-state index in [1.54, 1.807) is 12.1 Å². The maximum atomic E-state index is 12.2. The lowest BCUT2D eigenvalue weighted by molar-refractivity contribution is 0.569. The van der Waals surface area contributed by atoms with Crippen molar-refractivity contribution in [1.29, 1.82) is 0 Å².